The van der Waals surface area contributed by atoms with Gasteiger partial charge in [0.05, 0.1) is 16.5 Å². The van der Waals surface area contributed by atoms with Crippen molar-refractivity contribution in [1.82, 2.24) is 10.2 Å². The molecule has 2 aromatic rings. The van der Waals surface area contributed by atoms with Crippen molar-refractivity contribution in [2.75, 3.05) is 0 Å². The van der Waals surface area contributed by atoms with Crippen LogP contribution in [0.1, 0.15) is 26.3 Å². The molecule has 0 atom stereocenters. The molecule has 0 fully saturated rings. The van der Waals surface area contributed by atoms with Crippen molar-refractivity contribution in [3.8, 4) is 11.8 Å². The van der Waals surface area contributed by atoms with Gasteiger partial charge in [-0.3, -0.25) is 5.10 Å². The Kier molecular flexibility index (Phi) is 3.86. The Hall–Kier alpha value is -1.07. The molecule has 0 amide bonds. The maximum Gasteiger partial charge on any atom is 0.250 e. The summed E-state index contributed by atoms with van der Waals surface area (Å²) in [4.78, 5) is 0. The molecular formula is C14H18IN3OSi. The first kappa shape index (κ1) is 15.3. The lowest BCUT2D eigenvalue weighted by Crippen LogP contribution is -2.43. The number of hydrogen-bond donors (Lipinski definition) is 1. The van der Waals surface area contributed by atoms with E-state index in [-0.39, 0.29) is 5.04 Å². The number of nitriles is 1. The van der Waals surface area contributed by atoms with E-state index in [4.69, 9.17) is 4.43 Å². The molecule has 2 rings (SSSR count). The molecule has 4 nitrogen and oxygen atoms in total. The predicted octanol–water partition coefficient (Wildman–Crippen LogP) is 4.42. The molecule has 0 saturated carbocycles. The van der Waals surface area contributed by atoms with Gasteiger partial charge in [0, 0.05) is 6.07 Å². The maximum absolute atomic E-state index is 9.32. The normalized spacial score (nSPS) is 12.4. The van der Waals surface area contributed by atoms with Gasteiger partial charge in [-0.2, -0.15) is 10.4 Å². The van der Waals surface area contributed by atoms with Gasteiger partial charge >= 0.3 is 0 Å². The standard InChI is InChI=1S/C14H18IN3OSi/c1-14(2,3)20(4,5)19-10-6-9(8-16)12-11(7-10)17-18-13(12)15/h6-7H,1-5H3,(H,17,18). The summed E-state index contributed by atoms with van der Waals surface area (Å²) in [5.74, 6) is 0.739. The van der Waals surface area contributed by atoms with Crippen LogP contribution in [0.25, 0.3) is 10.9 Å². The lowest BCUT2D eigenvalue weighted by molar-refractivity contribution is 0.492. The highest BCUT2D eigenvalue weighted by atomic mass is 127. The van der Waals surface area contributed by atoms with Crippen LogP contribution in [0.2, 0.25) is 18.1 Å². The molecule has 1 aromatic carbocycles. The van der Waals surface area contributed by atoms with Crippen molar-refractivity contribution in [3.05, 3.63) is 21.4 Å². The van der Waals surface area contributed by atoms with Gasteiger partial charge in [-0.25, -0.2) is 0 Å². The Morgan fingerprint density at radius 2 is 2.00 bits per heavy atom. The van der Waals surface area contributed by atoms with Crippen LogP contribution in [0.15, 0.2) is 12.1 Å². The number of halogens is 1. The van der Waals surface area contributed by atoms with E-state index in [9.17, 15) is 5.26 Å². The number of aromatic amines is 1. The number of hydrogen-bond acceptors (Lipinski definition) is 3. The van der Waals surface area contributed by atoms with E-state index < -0.39 is 8.32 Å². The third kappa shape index (κ3) is 2.69. The van der Waals surface area contributed by atoms with Crippen LogP contribution in [0, 0.1) is 15.0 Å². The molecule has 0 spiro atoms. The minimum Gasteiger partial charge on any atom is -0.543 e. The topological polar surface area (TPSA) is 61.7 Å². The first-order chi connectivity index (χ1) is 9.15. The fraction of sp³-hybridized carbons (Fsp3) is 0.429. The van der Waals surface area contributed by atoms with E-state index in [2.05, 4.69) is 72.7 Å². The first-order valence-electron chi connectivity index (χ1n) is 6.42. The Morgan fingerprint density at radius 1 is 1.35 bits per heavy atom. The van der Waals surface area contributed by atoms with Crippen LogP contribution in [0.3, 0.4) is 0 Å². The van der Waals surface area contributed by atoms with Crippen LogP contribution >= 0.6 is 22.6 Å². The summed E-state index contributed by atoms with van der Waals surface area (Å²) in [5, 5.41) is 17.5. The van der Waals surface area contributed by atoms with Gasteiger partial charge in [-0.05, 0) is 46.8 Å². The zero-order valence-corrected chi connectivity index (χ0v) is 15.5. The second-order valence-corrected chi connectivity index (χ2v) is 12.2. The first-order valence-corrected chi connectivity index (χ1v) is 10.4. The van der Waals surface area contributed by atoms with Crippen molar-refractivity contribution in [2.45, 2.75) is 38.9 Å². The number of nitrogens with zero attached hydrogens (tertiary/aromatic N) is 2. The summed E-state index contributed by atoms with van der Waals surface area (Å²) in [6, 6.07) is 5.96. The average Bonchev–Trinajstić information content (AvgIpc) is 2.68. The Bertz CT molecular complexity index is 695. The van der Waals surface area contributed by atoms with Gasteiger partial charge in [-0.15, -0.1) is 0 Å². The Morgan fingerprint density at radius 3 is 2.55 bits per heavy atom. The highest BCUT2D eigenvalue weighted by Gasteiger charge is 2.39. The summed E-state index contributed by atoms with van der Waals surface area (Å²) >= 11 is 2.15. The SMILES string of the molecule is CC(C)(C)[Si](C)(C)Oc1cc(C#N)c2c(I)[nH]nc2c1. The van der Waals surface area contributed by atoms with Crippen LogP contribution in [-0.4, -0.2) is 18.5 Å². The zero-order chi connectivity index (χ0) is 15.1. The summed E-state index contributed by atoms with van der Waals surface area (Å²) in [6.07, 6.45) is 0. The van der Waals surface area contributed by atoms with Crippen molar-refractivity contribution in [1.29, 1.82) is 5.26 Å². The minimum absolute atomic E-state index is 0.120. The highest BCUT2D eigenvalue weighted by Crippen LogP contribution is 2.38. The molecule has 1 aromatic heterocycles. The van der Waals surface area contributed by atoms with E-state index in [0.717, 1.165) is 20.4 Å². The lowest BCUT2D eigenvalue weighted by Gasteiger charge is -2.36. The van der Waals surface area contributed by atoms with Gasteiger partial charge in [0.15, 0.2) is 0 Å². The second-order valence-electron chi connectivity index (χ2n) is 6.38. The van der Waals surface area contributed by atoms with Gasteiger partial charge in [0.25, 0.3) is 0 Å². The number of fused-ring (bicyclic) bond motifs is 1. The van der Waals surface area contributed by atoms with E-state index in [1.165, 1.54) is 0 Å². The zero-order valence-electron chi connectivity index (χ0n) is 12.3. The van der Waals surface area contributed by atoms with Crippen LogP contribution in [0.4, 0.5) is 0 Å². The van der Waals surface area contributed by atoms with Gasteiger partial charge in [0.1, 0.15) is 15.5 Å². The lowest BCUT2D eigenvalue weighted by atomic mass is 10.1. The Labute approximate surface area is 133 Å². The molecule has 0 aliphatic heterocycles. The minimum atomic E-state index is -1.91. The molecule has 20 heavy (non-hydrogen) atoms. The molecule has 0 radical (unpaired) electrons. The van der Waals surface area contributed by atoms with E-state index in [1.54, 1.807) is 0 Å². The molecule has 0 aliphatic carbocycles. The Balaban J connectivity index is 2.50. The number of H-pyrrole nitrogens is 1. The molecular weight excluding hydrogens is 381 g/mol. The van der Waals surface area contributed by atoms with E-state index in [0.29, 0.717) is 5.56 Å². The third-order valence-corrected chi connectivity index (χ3v) is 9.02. The number of nitrogens with one attached hydrogen (secondary N) is 1. The van der Waals surface area contributed by atoms with Crippen LogP contribution in [-0.2, 0) is 0 Å². The smallest absolute Gasteiger partial charge is 0.250 e. The number of rotatable bonds is 2. The third-order valence-electron chi connectivity index (χ3n) is 3.88. The number of benzene rings is 1. The summed E-state index contributed by atoms with van der Waals surface area (Å²) in [6.45, 7) is 11.0. The maximum atomic E-state index is 9.32. The van der Waals surface area contributed by atoms with Gasteiger partial charge in [-0.1, -0.05) is 20.8 Å². The summed E-state index contributed by atoms with van der Waals surface area (Å²) in [7, 11) is -1.91. The van der Waals surface area contributed by atoms with Crippen molar-refractivity contribution < 1.29 is 4.43 Å². The van der Waals surface area contributed by atoms with Gasteiger partial charge in [0.2, 0.25) is 8.32 Å². The monoisotopic (exact) mass is 399 g/mol. The van der Waals surface area contributed by atoms with Crippen LogP contribution < -0.4 is 4.43 Å². The van der Waals surface area contributed by atoms with Crippen molar-refractivity contribution >= 4 is 41.8 Å². The fourth-order valence-corrected chi connectivity index (χ4v) is 3.38. The second kappa shape index (κ2) is 5.04. The summed E-state index contributed by atoms with van der Waals surface area (Å²) < 4.78 is 7.14. The average molecular weight is 399 g/mol. The highest BCUT2D eigenvalue weighted by molar-refractivity contribution is 14.1. The largest absolute Gasteiger partial charge is 0.543 e. The molecule has 0 saturated heterocycles. The van der Waals surface area contributed by atoms with Crippen LogP contribution in [0.5, 0.6) is 5.75 Å². The molecule has 106 valence electrons. The molecule has 0 aliphatic rings. The molecule has 1 heterocycles. The molecule has 0 bridgehead atoms. The quantitative estimate of drug-likeness (QED) is 0.601. The van der Waals surface area contributed by atoms with Gasteiger partial charge < -0.3 is 4.43 Å². The van der Waals surface area contributed by atoms with E-state index in [1.807, 2.05) is 12.1 Å². The number of aromatic nitrogens is 2. The van der Waals surface area contributed by atoms with Crippen molar-refractivity contribution in [3.63, 3.8) is 0 Å². The molecule has 0 unspecified atom stereocenters. The summed E-state index contributed by atoms with van der Waals surface area (Å²) in [5.41, 5.74) is 1.39. The molecule has 6 heteroatoms. The van der Waals surface area contributed by atoms with E-state index >= 15 is 0 Å². The fourth-order valence-electron chi connectivity index (χ4n) is 1.68. The van der Waals surface area contributed by atoms with Crippen molar-refractivity contribution in [2.24, 2.45) is 0 Å². The molecule has 1 N–H and O–H groups in total. The predicted molar refractivity (Wildman–Crippen MR) is 91.4 cm³/mol.